The lowest BCUT2D eigenvalue weighted by atomic mass is 9.88. The van der Waals surface area contributed by atoms with E-state index >= 15 is 0 Å². The number of nitrogens with two attached hydrogens (primary N) is 1. The maximum Gasteiger partial charge on any atom is 0.344 e. The van der Waals surface area contributed by atoms with Crippen molar-refractivity contribution in [1.29, 1.82) is 0 Å². The number of carbonyl (C=O) groups is 1. The Morgan fingerprint density at radius 1 is 1.50 bits per heavy atom. The monoisotopic (exact) mass is 249 g/mol. The van der Waals surface area contributed by atoms with Crippen molar-refractivity contribution in [3.63, 3.8) is 0 Å². The van der Waals surface area contributed by atoms with Crippen LogP contribution in [0, 0.1) is 0 Å². The van der Waals surface area contributed by atoms with Gasteiger partial charge in [-0.05, 0) is 43.4 Å². The fraction of sp³-hybridized carbons (Fsp3) is 0.500. The molecular formula is C14H19NO3. The second kappa shape index (κ2) is 5.87. The van der Waals surface area contributed by atoms with Crippen LogP contribution in [0.15, 0.2) is 18.2 Å². The molecule has 0 spiro atoms. The zero-order valence-corrected chi connectivity index (χ0v) is 10.6. The minimum Gasteiger partial charge on any atom is -0.482 e. The molecule has 0 radical (unpaired) electrons. The molecule has 4 nitrogen and oxygen atoms in total. The number of esters is 1. The maximum absolute atomic E-state index is 11.3. The maximum atomic E-state index is 11.3. The largest absolute Gasteiger partial charge is 0.482 e. The van der Waals surface area contributed by atoms with E-state index in [0.717, 1.165) is 25.0 Å². The highest BCUT2D eigenvalue weighted by atomic mass is 16.6. The van der Waals surface area contributed by atoms with Gasteiger partial charge in [0.25, 0.3) is 0 Å². The summed E-state index contributed by atoms with van der Waals surface area (Å²) in [5.74, 6) is 0.454. The first-order chi connectivity index (χ1) is 8.70. The molecule has 4 heteroatoms. The Hall–Kier alpha value is -1.55. The Balaban J connectivity index is 2.05. The minimum atomic E-state index is -0.331. The molecule has 1 aliphatic rings. The molecule has 0 saturated carbocycles. The summed E-state index contributed by atoms with van der Waals surface area (Å²) in [7, 11) is 0. The van der Waals surface area contributed by atoms with E-state index in [1.54, 1.807) is 6.92 Å². The van der Waals surface area contributed by atoms with Crippen molar-refractivity contribution in [2.45, 2.75) is 32.2 Å². The zero-order valence-electron chi connectivity index (χ0n) is 10.6. The Kier molecular flexibility index (Phi) is 4.20. The van der Waals surface area contributed by atoms with Crippen molar-refractivity contribution in [3.8, 4) is 5.75 Å². The number of fused-ring (bicyclic) bond motifs is 1. The molecule has 0 aromatic heterocycles. The predicted octanol–water partition coefficient (Wildman–Crippen LogP) is 1.44. The summed E-state index contributed by atoms with van der Waals surface area (Å²) in [5, 5.41) is 0. The standard InChI is InChI=1S/C14H19NO3/c1-2-17-14(16)9-18-13-5-3-4-10-8-11(15)6-7-12(10)13/h3-5,11H,2,6-9,15H2,1H3. The van der Waals surface area contributed by atoms with Crippen LogP contribution in [-0.4, -0.2) is 25.2 Å². The molecule has 0 aliphatic heterocycles. The first-order valence-corrected chi connectivity index (χ1v) is 6.35. The third-order valence-electron chi connectivity index (χ3n) is 3.13. The summed E-state index contributed by atoms with van der Waals surface area (Å²) in [6, 6.07) is 6.15. The molecule has 2 N–H and O–H groups in total. The molecule has 98 valence electrons. The van der Waals surface area contributed by atoms with Crippen molar-refractivity contribution >= 4 is 5.97 Å². The van der Waals surface area contributed by atoms with Gasteiger partial charge >= 0.3 is 5.97 Å². The van der Waals surface area contributed by atoms with Gasteiger partial charge in [0.15, 0.2) is 6.61 Å². The second-order valence-corrected chi connectivity index (χ2v) is 4.49. The van der Waals surface area contributed by atoms with Crippen LogP contribution in [0.2, 0.25) is 0 Å². The molecule has 1 unspecified atom stereocenters. The predicted molar refractivity (Wildman–Crippen MR) is 68.6 cm³/mol. The van der Waals surface area contributed by atoms with Crippen molar-refractivity contribution in [3.05, 3.63) is 29.3 Å². The van der Waals surface area contributed by atoms with Crippen molar-refractivity contribution in [2.24, 2.45) is 5.73 Å². The van der Waals surface area contributed by atoms with Crippen LogP contribution in [0.1, 0.15) is 24.5 Å². The Morgan fingerprint density at radius 2 is 2.33 bits per heavy atom. The number of hydrogen-bond acceptors (Lipinski definition) is 4. The Labute approximate surface area is 107 Å². The minimum absolute atomic E-state index is 0.0314. The van der Waals surface area contributed by atoms with Gasteiger partial charge in [-0.15, -0.1) is 0 Å². The highest BCUT2D eigenvalue weighted by molar-refractivity contribution is 5.71. The van der Waals surface area contributed by atoms with E-state index in [1.807, 2.05) is 12.1 Å². The summed E-state index contributed by atoms with van der Waals surface area (Å²) in [6.07, 6.45) is 2.76. The lowest BCUT2D eigenvalue weighted by molar-refractivity contribution is -0.145. The van der Waals surface area contributed by atoms with Gasteiger partial charge < -0.3 is 15.2 Å². The number of ether oxygens (including phenoxy) is 2. The molecule has 0 saturated heterocycles. The van der Waals surface area contributed by atoms with E-state index < -0.39 is 0 Å². The molecule has 1 aliphatic carbocycles. The smallest absolute Gasteiger partial charge is 0.344 e. The number of benzene rings is 1. The average Bonchev–Trinajstić information content (AvgIpc) is 2.36. The highest BCUT2D eigenvalue weighted by Gasteiger charge is 2.19. The summed E-state index contributed by atoms with van der Waals surface area (Å²) >= 11 is 0. The van der Waals surface area contributed by atoms with Crippen LogP contribution in [-0.2, 0) is 22.4 Å². The molecule has 0 heterocycles. The summed E-state index contributed by atoms with van der Waals surface area (Å²) in [6.45, 7) is 2.13. The Bertz CT molecular complexity index is 431. The lowest BCUT2D eigenvalue weighted by Gasteiger charge is -2.23. The summed E-state index contributed by atoms with van der Waals surface area (Å²) in [4.78, 5) is 11.3. The topological polar surface area (TPSA) is 61.5 Å². The van der Waals surface area contributed by atoms with E-state index in [4.69, 9.17) is 15.2 Å². The van der Waals surface area contributed by atoms with Gasteiger partial charge in [-0.3, -0.25) is 0 Å². The van der Waals surface area contributed by atoms with E-state index in [9.17, 15) is 4.79 Å². The van der Waals surface area contributed by atoms with Crippen molar-refractivity contribution < 1.29 is 14.3 Å². The van der Waals surface area contributed by atoms with E-state index in [2.05, 4.69) is 6.07 Å². The van der Waals surface area contributed by atoms with Gasteiger partial charge in [0.2, 0.25) is 0 Å². The molecule has 1 aromatic rings. The summed E-state index contributed by atoms with van der Waals surface area (Å²) in [5.41, 5.74) is 8.36. The van der Waals surface area contributed by atoms with Gasteiger partial charge in [-0.25, -0.2) is 4.79 Å². The normalized spacial score (nSPS) is 18.0. The van der Waals surface area contributed by atoms with Crippen LogP contribution in [0.5, 0.6) is 5.75 Å². The van der Waals surface area contributed by atoms with E-state index in [-0.39, 0.29) is 18.6 Å². The average molecular weight is 249 g/mol. The van der Waals surface area contributed by atoms with Gasteiger partial charge in [0.1, 0.15) is 5.75 Å². The molecule has 0 bridgehead atoms. The summed E-state index contributed by atoms with van der Waals surface area (Å²) < 4.78 is 10.4. The van der Waals surface area contributed by atoms with Gasteiger partial charge in [0, 0.05) is 6.04 Å². The third-order valence-corrected chi connectivity index (χ3v) is 3.13. The molecular weight excluding hydrogens is 230 g/mol. The fourth-order valence-corrected chi connectivity index (χ4v) is 2.27. The third kappa shape index (κ3) is 3.01. The van der Waals surface area contributed by atoms with Crippen LogP contribution in [0.3, 0.4) is 0 Å². The van der Waals surface area contributed by atoms with Crippen LogP contribution >= 0.6 is 0 Å². The fourth-order valence-electron chi connectivity index (χ4n) is 2.27. The van der Waals surface area contributed by atoms with Crippen LogP contribution in [0.25, 0.3) is 0 Å². The van der Waals surface area contributed by atoms with Crippen LogP contribution < -0.4 is 10.5 Å². The molecule has 1 atom stereocenters. The number of rotatable bonds is 4. The molecule has 18 heavy (non-hydrogen) atoms. The highest BCUT2D eigenvalue weighted by Crippen LogP contribution is 2.29. The first-order valence-electron chi connectivity index (χ1n) is 6.35. The molecule has 2 rings (SSSR count). The van der Waals surface area contributed by atoms with Crippen molar-refractivity contribution in [2.75, 3.05) is 13.2 Å². The number of carbonyl (C=O) groups excluding carboxylic acids is 1. The quantitative estimate of drug-likeness (QED) is 0.820. The van der Waals surface area contributed by atoms with Gasteiger partial charge in [-0.2, -0.15) is 0 Å². The van der Waals surface area contributed by atoms with Gasteiger partial charge in [0.05, 0.1) is 6.61 Å². The second-order valence-electron chi connectivity index (χ2n) is 4.49. The van der Waals surface area contributed by atoms with E-state index in [0.29, 0.717) is 6.61 Å². The molecule has 0 amide bonds. The molecule has 1 aromatic carbocycles. The number of hydrogen-bond donors (Lipinski definition) is 1. The lowest BCUT2D eigenvalue weighted by Crippen LogP contribution is -2.28. The van der Waals surface area contributed by atoms with Crippen LogP contribution in [0.4, 0.5) is 0 Å². The Morgan fingerprint density at radius 3 is 3.11 bits per heavy atom. The van der Waals surface area contributed by atoms with Gasteiger partial charge in [-0.1, -0.05) is 12.1 Å². The SMILES string of the molecule is CCOC(=O)COc1cccc2c1CCC(N)C2. The van der Waals surface area contributed by atoms with E-state index in [1.165, 1.54) is 11.1 Å². The molecule has 0 fully saturated rings. The van der Waals surface area contributed by atoms with Crippen molar-refractivity contribution in [1.82, 2.24) is 0 Å². The zero-order chi connectivity index (χ0) is 13.0. The first kappa shape index (κ1) is 12.9.